The maximum atomic E-state index is 5.18. The molecule has 0 aliphatic rings. The normalized spacial score (nSPS) is 11.4. The molecule has 242 valence electrons. The van der Waals surface area contributed by atoms with Crippen molar-refractivity contribution in [3.8, 4) is 11.5 Å². The molecule has 0 N–H and O–H groups in total. The Kier molecular flexibility index (Phi) is 12.7. The summed E-state index contributed by atoms with van der Waals surface area (Å²) < 4.78 is 19.4. The predicted molar refractivity (Wildman–Crippen MR) is 180 cm³/mol. The molecule has 3 aromatic heterocycles. The van der Waals surface area contributed by atoms with E-state index >= 15 is 0 Å². The van der Waals surface area contributed by atoms with Gasteiger partial charge in [-0.2, -0.15) is 20.5 Å². The average molecular weight is 634 g/mol. The van der Waals surface area contributed by atoms with E-state index in [1.54, 1.807) is 14.2 Å². The lowest BCUT2D eigenvalue weighted by molar-refractivity contribution is -0.700. The Balaban J connectivity index is 0.913. The molecule has 0 atom stereocenters. The van der Waals surface area contributed by atoms with Crippen LogP contribution < -0.4 is 23.2 Å². The fourth-order valence-electron chi connectivity index (χ4n) is 5.09. The molecule has 0 saturated heterocycles. The van der Waals surface area contributed by atoms with Gasteiger partial charge in [0, 0.05) is 37.1 Å². The Labute approximate surface area is 277 Å². The van der Waals surface area contributed by atoms with Crippen molar-refractivity contribution in [1.82, 2.24) is 4.57 Å². The van der Waals surface area contributed by atoms with Gasteiger partial charge < -0.3 is 9.47 Å². The first-order valence-electron chi connectivity index (χ1n) is 16.3. The second-order valence-corrected chi connectivity index (χ2v) is 11.4. The first-order valence-corrected chi connectivity index (χ1v) is 16.3. The Morgan fingerprint density at radius 2 is 0.872 bits per heavy atom. The minimum atomic E-state index is 0.802. The number of nitrogens with zero attached hydrogens (tertiary/aromatic N) is 8. The van der Waals surface area contributed by atoms with Crippen molar-refractivity contribution in [3.05, 3.63) is 116 Å². The molecule has 10 nitrogen and oxygen atoms in total. The molecule has 5 rings (SSSR count). The lowest BCUT2D eigenvalue weighted by Crippen LogP contribution is -2.33. The lowest BCUT2D eigenvalue weighted by Gasteiger charge is -2.00. The van der Waals surface area contributed by atoms with Gasteiger partial charge in [0.2, 0.25) is 6.33 Å². The third-order valence-electron chi connectivity index (χ3n) is 7.87. The minimum absolute atomic E-state index is 0.802. The largest absolute Gasteiger partial charge is 0.497 e. The lowest BCUT2D eigenvalue weighted by atomic mass is 10.2. The average Bonchev–Trinajstić information content (AvgIpc) is 3.58. The summed E-state index contributed by atoms with van der Waals surface area (Å²) >= 11 is 0. The van der Waals surface area contributed by atoms with Crippen molar-refractivity contribution in [2.45, 2.75) is 64.7 Å². The number of methoxy groups -OCH3 is 2. The Bertz CT molecular complexity index is 1560. The zero-order valence-electron chi connectivity index (χ0n) is 27.4. The third kappa shape index (κ3) is 11.2. The molecule has 47 heavy (non-hydrogen) atoms. The standard InChI is InChI=1S/C37H45N8O2/c1-46-36-13-9-32(10-14-36)38-40-34-17-25-42(26-18-34)21-5-3-7-23-44-29-30-45(31-44)24-8-4-6-22-43-27-19-35(20-28-43)41-39-33-11-15-37(47-2)16-12-33/h9-20,25-31H,3-8,21-24H2,1-2H3/q+3. The molecular weight excluding hydrogens is 588 g/mol. The number of hydrogen-bond donors (Lipinski definition) is 0. The van der Waals surface area contributed by atoms with Gasteiger partial charge in [0.1, 0.15) is 37.0 Å². The second-order valence-electron chi connectivity index (χ2n) is 11.4. The summed E-state index contributed by atoms with van der Waals surface area (Å²) in [6.07, 6.45) is 21.9. The first-order chi connectivity index (χ1) is 23.2. The highest BCUT2D eigenvalue weighted by Crippen LogP contribution is 2.21. The number of aromatic nitrogens is 4. The second kappa shape index (κ2) is 18.0. The highest BCUT2D eigenvalue weighted by atomic mass is 16.5. The van der Waals surface area contributed by atoms with Crippen molar-refractivity contribution in [2.75, 3.05) is 14.2 Å². The maximum Gasteiger partial charge on any atom is 0.243 e. The van der Waals surface area contributed by atoms with Gasteiger partial charge in [0.25, 0.3) is 0 Å². The van der Waals surface area contributed by atoms with Gasteiger partial charge in [-0.1, -0.05) is 0 Å². The van der Waals surface area contributed by atoms with Gasteiger partial charge in [0.15, 0.2) is 24.8 Å². The van der Waals surface area contributed by atoms with Crippen LogP contribution in [0.25, 0.3) is 0 Å². The molecule has 0 radical (unpaired) electrons. The zero-order valence-corrected chi connectivity index (χ0v) is 27.4. The van der Waals surface area contributed by atoms with Crippen molar-refractivity contribution in [2.24, 2.45) is 20.5 Å². The van der Waals surface area contributed by atoms with E-state index in [4.69, 9.17) is 9.47 Å². The summed E-state index contributed by atoms with van der Waals surface area (Å²) in [5, 5.41) is 17.3. The van der Waals surface area contributed by atoms with Gasteiger partial charge >= 0.3 is 0 Å². The molecule has 10 heteroatoms. The zero-order chi connectivity index (χ0) is 32.5. The Morgan fingerprint density at radius 1 is 0.468 bits per heavy atom. The van der Waals surface area contributed by atoms with Crippen LogP contribution in [0.2, 0.25) is 0 Å². The van der Waals surface area contributed by atoms with E-state index in [-0.39, 0.29) is 0 Å². The highest BCUT2D eigenvalue weighted by Gasteiger charge is 2.06. The number of rotatable bonds is 18. The van der Waals surface area contributed by atoms with Crippen molar-refractivity contribution >= 4 is 22.7 Å². The smallest absolute Gasteiger partial charge is 0.243 e. The summed E-state index contributed by atoms with van der Waals surface area (Å²) in [4.78, 5) is 0. The van der Waals surface area contributed by atoms with E-state index in [9.17, 15) is 0 Å². The van der Waals surface area contributed by atoms with Crippen LogP contribution >= 0.6 is 0 Å². The molecule has 0 unspecified atom stereocenters. The highest BCUT2D eigenvalue weighted by molar-refractivity contribution is 5.43. The molecule has 0 amide bonds. The van der Waals surface area contributed by atoms with E-state index < -0.39 is 0 Å². The topological polar surface area (TPSA) is 84.5 Å². The van der Waals surface area contributed by atoms with E-state index in [0.29, 0.717) is 0 Å². The number of pyridine rings is 2. The quantitative estimate of drug-likeness (QED) is 0.0558. The summed E-state index contributed by atoms with van der Waals surface area (Å²) in [5.74, 6) is 1.62. The molecule has 0 aliphatic heterocycles. The number of aryl methyl sites for hydroxylation is 4. The monoisotopic (exact) mass is 633 g/mol. The molecule has 3 heterocycles. The Hall–Kier alpha value is -5.25. The fourth-order valence-corrected chi connectivity index (χ4v) is 5.09. The molecule has 0 fully saturated rings. The summed E-state index contributed by atoms with van der Waals surface area (Å²) in [7, 11) is 3.31. The molecule has 0 spiro atoms. The molecule has 2 aromatic carbocycles. The molecule has 0 bridgehead atoms. The number of unbranched alkanes of at least 4 members (excludes halogenated alkanes) is 4. The van der Waals surface area contributed by atoms with Gasteiger partial charge in [-0.15, -0.1) is 0 Å². The predicted octanol–water partition coefficient (Wildman–Crippen LogP) is 7.94. The van der Waals surface area contributed by atoms with Crippen LogP contribution in [0.4, 0.5) is 22.7 Å². The van der Waals surface area contributed by atoms with Crippen LogP contribution in [-0.2, 0) is 26.2 Å². The number of hydrogen-bond acceptors (Lipinski definition) is 6. The SMILES string of the molecule is COc1ccc(/N=N\c2cc[n+](CCCCCn3cc[n+](CCCCC[n+]4ccc(/N=N\c5ccc(OC)cc5)cc4)c3)cc2)cc1. The number of imidazole rings is 1. The van der Waals surface area contributed by atoms with Crippen LogP contribution in [0.15, 0.2) is 137 Å². The van der Waals surface area contributed by atoms with E-state index in [0.717, 1.165) is 73.3 Å². The van der Waals surface area contributed by atoms with E-state index in [1.165, 1.54) is 25.7 Å². The van der Waals surface area contributed by atoms with Gasteiger partial charge in [-0.25, -0.2) is 18.3 Å². The van der Waals surface area contributed by atoms with E-state index in [1.807, 2.05) is 72.8 Å². The van der Waals surface area contributed by atoms with Crippen LogP contribution in [0.1, 0.15) is 38.5 Å². The number of benzene rings is 2. The number of ether oxygens (including phenoxy) is 2. The van der Waals surface area contributed by atoms with Crippen LogP contribution in [0.5, 0.6) is 11.5 Å². The van der Waals surface area contributed by atoms with Crippen LogP contribution in [-0.4, -0.2) is 18.8 Å². The summed E-state index contributed by atoms with van der Waals surface area (Å²) in [6, 6.07) is 23.1. The maximum absolute atomic E-state index is 5.18. The fraction of sp³-hybridized carbons (Fsp3) is 0.324. The van der Waals surface area contributed by atoms with Crippen molar-refractivity contribution < 1.29 is 23.2 Å². The first kappa shape index (κ1) is 33.1. The van der Waals surface area contributed by atoms with Crippen LogP contribution in [0, 0.1) is 0 Å². The van der Waals surface area contributed by atoms with Crippen LogP contribution in [0.3, 0.4) is 0 Å². The molecule has 0 saturated carbocycles. The third-order valence-corrected chi connectivity index (χ3v) is 7.87. The minimum Gasteiger partial charge on any atom is -0.497 e. The Morgan fingerprint density at radius 3 is 1.32 bits per heavy atom. The van der Waals surface area contributed by atoms with Crippen molar-refractivity contribution in [3.63, 3.8) is 0 Å². The van der Waals surface area contributed by atoms with Gasteiger partial charge in [-0.05, 0) is 74.2 Å². The summed E-state index contributed by atoms with van der Waals surface area (Å²) in [6.45, 7) is 4.10. The molecule has 0 aliphatic carbocycles. The number of azo groups is 2. The summed E-state index contributed by atoms with van der Waals surface area (Å²) in [5.41, 5.74) is 3.28. The molecule has 5 aromatic rings. The van der Waals surface area contributed by atoms with Crippen molar-refractivity contribution in [1.29, 1.82) is 0 Å². The molecular formula is C37H45N8O2+3. The van der Waals surface area contributed by atoms with Gasteiger partial charge in [-0.3, -0.25) is 0 Å². The van der Waals surface area contributed by atoms with Gasteiger partial charge in [0.05, 0.1) is 50.1 Å². The van der Waals surface area contributed by atoms with E-state index in [2.05, 4.69) is 82.2 Å².